The maximum absolute atomic E-state index is 11.2. The van der Waals surface area contributed by atoms with E-state index in [-0.39, 0.29) is 25.3 Å². The molecule has 17 heavy (non-hydrogen) atoms. The van der Waals surface area contributed by atoms with Crippen molar-refractivity contribution < 1.29 is 24.3 Å². The number of aryl methyl sites for hydroxylation is 2. The van der Waals surface area contributed by atoms with Crippen molar-refractivity contribution in [1.82, 2.24) is 15.5 Å². The molecular weight excluding hydrogens is 230 g/mol. The molecule has 8 nitrogen and oxygen atoms in total. The molecule has 8 heteroatoms. The van der Waals surface area contributed by atoms with Crippen LogP contribution in [-0.2, 0) is 16.0 Å². The Morgan fingerprint density at radius 2 is 2.24 bits per heavy atom. The van der Waals surface area contributed by atoms with Crippen molar-refractivity contribution in [1.29, 1.82) is 0 Å². The van der Waals surface area contributed by atoms with Crippen LogP contribution in [0.4, 0.5) is 0 Å². The molecule has 1 aromatic rings. The third-order valence-corrected chi connectivity index (χ3v) is 1.91. The van der Waals surface area contributed by atoms with Gasteiger partial charge in [0.05, 0.1) is 6.54 Å². The number of aromatic nitrogens is 2. The molecule has 0 aliphatic heterocycles. The summed E-state index contributed by atoms with van der Waals surface area (Å²) >= 11 is 0. The Kier molecular flexibility index (Phi) is 4.58. The van der Waals surface area contributed by atoms with E-state index in [9.17, 15) is 9.59 Å². The van der Waals surface area contributed by atoms with E-state index in [1.807, 2.05) is 0 Å². The van der Waals surface area contributed by atoms with E-state index >= 15 is 0 Å². The van der Waals surface area contributed by atoms with Crippen molar-refractivity contribution in [3.05, 3.63) is 11.7 Å². The van der Waals surface area contributed by atoms with Crippen LogP contribution in [0.25, 0.3) is 0 Å². The summed E-state index contributed by atoms with van der Waals surface area (Å²) in [5.41, 5.74) is 0. The van der Waals surface area contributed by atoms with Crippen LogP contribution < -0.4 is 5.32 Å². The number of aliphatic hydroxyl groups excluding tert-OH is 1. The number of hydrogen-bond donors (Lipinski definition) is 3. The summed E-state index contributed by atoms with van der Waals surface area (Å²) < 4.78 is 4.79. The lowest BCUT2D eigenvalue weighted by Crippen LogP contribution is -2.36. The summed E-state index contributed by atoms with van der Waals surface area (Å²) in [6, 6.07) is 0. The highest BCUT2D eigenvalue weighted by atomic mass is 16.5. The van der Waals surface area contributed by atoms with Gasteiger partial charge in [-0.2, -0.15) is 4.98 Å². The minimum Gasteiger partial charge on any atom is -0.479 e. The first-order chi connectivity index (χ1) is 7.99. The Hall–Kier alpha value is -1.96. The number of carbonyl (C=O) groups excluding carboxylic acids is 1. The van der Waals surface area contributed by atoms with Gasteiger partial charge in [-0.25, -0.2) is 4.79 Å². The molecule has 0 fully saturated rings. The number of nitrogens with one attached hydrogen (secondary N) is 1. The van der Waals surface area contributed by atoms with Gasteiger partial charge >= 0.3 is 5.97 Å². The number of carbonyl (C=O) groups is 2. The summed E-state index contributed by atoms with van der Waals surface area (Å²) in [7, 11) is 0. The molecule has 0 saturated heterocycles. The fraction of sp³-hybridized carbons (Fsp3) is 0.556. The second-order valence-corrected chi connectivity index (χ2v) is 3.39. The molecule has 1 amide bonds. The number of carboxylic acid groups (broad SMARTS) is 1. The van der Waals surface area contributed by atoms with Gasteiger partial charge in [-0.1, -0.05) is 5.16 Å². The standard InChI is InChI=1S/C9H13N3O5/c1-5-11-8(17-12-5)3-2-7(14)10-4-6(13)9(15)16/h6,13H,2-4H2,1H3,(H,10,14)(H,15,16)/t6-/m0/s1. The minimum atomic E-state index is -1.59. The van der Waals surface area contributed by atoms with Gasteiger partial charge in [-0.15, -0.1) is 0 Å². The minimum absolute atomic E-state index is 0.0912. The van der Waals surface area contributed by atoms with Crippen LogP contribution in [0.3, 0.4) is 0 Å². The molecular formula is C9H13N3O5. The monoisotopic (exact) mass is 243 g/mol. The van der Waals surface area contributed by atoms with Crippen molar-refractivity contribution in [2.75, 3.05) is 6.54 Å². The number of nitrogens with zero attached hydrogens (tertiary/aromatic N) is 2. The Balaban J connectivity index is 2.24. The molecule has 0 aliphatic carbocycles. The number of hydrogen-bond acceptors (Lipinski definition) is 6. The summed E-state index contributed by atoms with van der Waals surface area (Å²) in [5.74, 6) is -0.933. The van der Waals surface area contributed by atoms with Gasteiger partial charge < -0.3 is 20.1 Å². The third-order valence-electron chi connectivity index (χ3n) is 1.91. The van der Waals surface area contributed by atoms with Crippen LogP contribution in [0.2, 0.25) is 0 Å². The zero-order valence-corrected chi connectivity index (χ0v) is 9.21. The molecule has 3 N–H and O–H groups in total. The van der Waals surface area contributed by atoms with E-state index in [0.717, 1.165) is 0 Å². The van der Waals surface area contributed by atoms with E-state index < -0.39 is 12.1 Å². The third kappa shape index (κ3) is 4.60. The number of carboxylic acids is 1. The molecule has 0 saturated carbocycles. The first-order valence-corrected chi connectivity index (χ1v) is 4.96. The molecule has 94 valence electrons. The zero-order valence-electron chi connectivity index (χ0n) is 9.21. The van der Waals surface area contributed by atoms with Crippen LogP contribution in [0, 0.1) is 6.92 Å². The first-order valence-electron chi connectivity index (χ1n) is 4.96. The highest BCUT2D eigenvalue weighted by Gasteiger charge is 2.14. The van der Waals surface area contributed by atoms with Gasteiger partial charge in [0.25, 0.3) is 0 Å². The van der Waals surface area contributed by atoms with Crippen LogP contribution >= 0.6 is 0 Å². The lowest BCUT2D eigenvalue weighted by Gasteiger charge is -2.06. The van der Waals surface area contributed by atoms with Crippen molar-refractivity contribution in [3.63, 3.8) is 0 Å². The molecule has 0 spiro atoms. The lowest BCUT2D eigenvalue weighted by atomic mass is 10.3. The maximum atomic E-state index is 11.2. The Morgan fingerprint density at radius 3 is 2.76 bits per heavy atom. The summed E-state index contributed by atoms with van der Waals surface area (Å²) in [6.45, 7) is 1.34. The summed E-state index contributed by atoms with van der Waals surface area (Å²) in [4.78, 5) is 25.4. The Labute approximate surface area is 96.6 Å². The summed E-state index contributed by atoms with van der Waals surface area (Å²) in [5, 5.41) is 23.1. The highest BCUT2D eigenvalue weighted by molar-refractivity contribution is 5.78. The quantitative estimate of drug-likeness (QED) is 0.577. The number of aliphatic hydroxyl groups is 1. The molecule has 1 rings (SSSR count). The predicted molar refractivity (Wildman–Crippen MR) is 54.0 cm³/mol. The molecule has 0 unspecified atom stereocenters. The van der Waals surface area contributed by atoms with E-state index in [1.54, 1.807) is 6.92 Å². The van der Waals surface area contributed by atoms with Crippen LogP contribution in [-0.4, -0.2) is 44.9 Å². The largest absolute Gasteiger partial charge is 0.479 e. The lowest BCUT2D eigenvalue weighted by molar-refractivity contribution is -0.146. The van der Waals surface area contributed by atoms with E-state index in [1.165, 1.54) is 0 Å². The smallest absolute Gasteiger partial charge is 0.334 e. The molecule has 1 atom stereocenters. The van der Waals surface area contributed by atoms with Gasteiger partial charge in [-0.05, 0) is 6.92 Å². The fourth-order valence-corrected chi connectivity index (χ4v) is 1.05. The number of amides is 1. The topological polar surface area (TPSA) is 126 Å². The number of aliphatic carboxylic acids is 1. The second-order valence-electron chi connectivity index (χ2n) is 3.39. The van der Waals surface area contributed by atoms with Crippen LogP contribution in [0.5, 0.6) is 0 Å². The van der Waals surface area contributed by atoms with Crippen molar-refractivity contribution in [3.8, 4) is 0 Å². The summed E-state index contributed by atoms with van der Waals surface area (Å²) in [6.07, 6.45) is -1.23. The maximum Gasteiger partial charge on any atom is 0.334 e. The molecule has 0 bridgehead atoms. The predicted octanol–water partition coefficient (Wildman–Crippen LogP) is -1.13. The fourth-order valence-electron chi connectivity index (χ4n) is 1.05. The van der Waals surface area contributed by atoms with Gasteiger partial charge in [0.1, 0.15) is 0 Å². The van der Waals surface area contributed by atoms with Gasteiger partial charge in [-0.3, -0.25) is 4.79 Å². The average molecular weight is 243 g/mol. The molecule has 0 aromatic carbocycles. The van der Waals surface area contributed by atoms with E-state index in [0.29, 0.717) is 11.7 Å². The second kappa shape index (κ2) is 5.94. The average Bonchev–Trinajstić information content (AvgIpc) is 2.69. The van der Waals surface area contributed by atoms with Crippen molar-refractivity contribution in [2.45, 2.75) is 25.9 Å². The zero-order chi connectivity index (χ0) is 12.8. The SMILES string of the molecule is Cc1noc(CCC(=O)NC[C@H](O)C(=O)O)n1. The van der Waals surface area contributed by atoms with Gasteiger partial charge in [0.2, 0.25) is 11.8 Å². The van der Waals surface area contributed by atoms with Gasteiger partial charge in [0, 0.05) is 12.8 Å². The number of rotatable bonds is 6. The Morgan fingerprint density at radius 1 is 1.53 bits per heavy atom. The van der Waals surface area contributed by atoms with Crippen molar-refractivity contribution in [2.24, 2.45) is 0 Å². The van der Waals surface area contributed by atoms with Crippen molar-refractivity contribution >= 4 is 11.9 Å². The Bertz CT molecular complexity index is 403. The van der Waals surface area contributed by atoms with Gasteiger partial charge in [0.15, 0.2) is 11.9 Å². The molecule has 0 radical (unpaired) electrons. The van der Waals surface area contributed by atoms with Crippen LogP contribution in [0.15, 0.2) is 4.52 Å². The van der Waals surface area contributed by atoms with E-state index in [2.05, 4.69) is 15.5 Å². The van der Waals surface area contributed by atoms with Crippen LogP contribution in [0.1, 0.15) is 18.1 Å². The van der Waals surface area contributed by atoms with E-state index in [4.69, 9.17) is 14.7 Å². The molecule has 0 aliphatic rings. The first kappa shape index (κ1) is 13.1. The molecule has 1 aromatic heterocycles. The highest BCUT2D eigenvalue weighted by Crippen LogP contribution is 1.99. The normalized spacial score (nSPS) is 12.1. The molecule has 1 heterocycles.